The molecule has 160 valence electrons. The second-order valence-corrected chi connectivity index (χ2v) is 8.67. The fourth-order valence-corrected chi connectivity index (χ4v) is 4.79. The molecule has 0 saturated carbocycles. The summed E-state index contributed by atoms with van der Waals surface area (Å²) in [5, 5.41) is 3.21. The molecule has 0 bridgehead atoms. The van der Waals surface area contributed by atoms with Crippen molar-refractivity contribution in [3.05, 3.63) is 65.7 Å². The van der Waals surface area contributed by atoms with Gasteiger partial charge in [-0.25, -0.2) is 0 Å². The summed E-state index contributed by atoms with van der Waals surface area (Å²) in [4.78, 5) is 18.0. The summed E-state index contributed by atoms with van der Waals surface area (Å²) in [6, 6.07) is 19.0. The van der Waals surface area contributed by atoms with Crippen LogP contribution in [-0.4, -0.2) is 43.5 Å². The molecule has 4 nitrogen and oxygen atoms in total. The van der Waals surface area contributed by atoms with Gasteiger partial charge in [0.05, 0.1) is 0 Å². The summed E-state index contributed by atoms with van der Waals surface area (Å²) < 4.78 is 0. The van der Waals surface area contributed by atoms with Crippen LogP contribution in [-0.2, 0) is 11.2 Å². The Balaban J connectivity index is 1.33. The van der Waals surface area contributed by atoms with E-state index in [0.29, 0.717) is 6.54 Å². The first-order chi connectivity index (χ1) is 14.8. The molecule has 0 spiro atoms. The minimum absolute atomic E-state index is 0.132. The third kappa shape index (κ3) is 5.42. The molecule has 2 saturated heterocycles. The van der Waals surface area contributed by atoms with Crippen molar-refractivity contribution in [2.24, 2.45) is 0 Å². The van der Waals surface area contributed by atoms with Crippen LogP contribution in [0.1, 0.15) is 55.7 Å². The van der Waals surface area contributed by atoms with Crippen LogP contribution in [0.2, 0.25) is 0 Å². The lowest BCUT2D eigenvalue weighted by molar-refractivity contribution is -0.127. The van der Waals surface area contributed by atoms with Gasteiger partial charge in [0.1, 0.15) is 6.04 Å². The summed E-state index contributed by atoms with van der Waals surface area (Å²) in [7, 11) is 0. The van der Waals surface area contributed by atoms with Gasteiger partial charge >= 0.3 is 0 Å². The smallest absolute Gasteiger partial charge is 0.241 e. The number of hydrogen-bond acceptors (Lipinski definition) is 3. The lowest BCUT2D eigenvalue weighted by Crippen LogP contribution is -2.43. The molecule has 2 aliphatic rings. The average Bonchev–Trinajstić information content (AvgIpc) is 2.82. The molecular formula is C26H35N3O. The highest BCUT2D eigenvalue weighted by Crippen LogP contribution is 2.25. The number of nitrogens with one attached hydrogen (secondary N) is 1. The van der Waals surface area contributed by atoms with Crippen LogP contribution < -0.4 is 10.2 Å². The summed E-state index contributed by atoms with van der Waals surface area (Å²) >= 11 is 0. The van der Waals surface area contributed by atoms with Crippen molar-refractivity contribution in [2.45, 2.75) is 51.0 Å². The van der Waals surface area contributed by atoms with Crippen molar-refractivity contribution >= 4 is 11.6 Å². The first-order valence-electron chi connectivity index (χ1n) is 11.7. The van der Waals surface area contributed by atoms with Gasteiger partial charge in [-0.3, -0.25) is 9.69 Å². The van der Waals surface area contributed by atoms with Gasteiger partial charge in [0.2, 0.25) is 5.91 Å². The molecule has 1 atom stereocenters. The normalized spacial score (nSPS) is 18.7. The van der Waals surface area contributed by atoms with Gasteiger partial charge in [0.25, 0.3) is 0 Å². The number of hydrogen-bond donors (Lipinski definition) is 1. The highest BCUT2D eigenvalue weighted by molar-refractivity contribution is 5.83. The van der Waals surface area contributed by atoms with Gasteiger partial charge in [-0.1, -0.05) is 48.9 Å². The number of rotatable bonds is 7. The number of amides is 1. The zero-order valence-corrected chi connectivity index (χ0v) is 18.1. The van der Waals surface area contributed by atoms with Crippen LogP contribution in [0.4, 0.5) is 5.69 Å². The monoisotopic (exact) mass is 405 g/mol. The Morgan fingerprint density at radius 2 is 1.43 bits per heavy atom. The van der Waals surface area contributed by atoms with Crippen LogP contribution in [0.25, 0.3) is 0 Å². The van der Waals surface area contributed by atoms with Crippen molar-refractivity contribution < 1.29 is 4.79 Å². The fraction of sp³-hybridized carbons (Fsp3) is 0.500. The molecule has 30 heavy (non-hydrogen) atoms. The van der Waals surface area contributed by atoms with Crippen molar-refractivity contribution in [3.63, 3.8) is 0 Å². The summed E-state index contributed by atoms with van der Waals surface area (Å²) in [5.41, 5.74) is 3.71. The van der Waals surface area contributed by atoms with Crippen molar-refractivity contribution in [3.8, 4) is 0 Å². The Hall–Kier alpha value is -2.33. The van der Waals surface area contributed by atoms with Gasteiger partial charge in [0, 0.05) is 25.3 Å². The maximum absolute atomic E-state index is 13.1. The molecule has 1 unspecified atom stereocenters. The Kier molecular flexibility index (Phi) is 7.41. The second kappa shape index (κ2) is 10.6. The number of benzene rings is 2. The molecule has 0 aliphatic carbocycles. The van der Waals surface area contributed by atoms with Gasteiger partial charge in [-0.05, 0) is 74.9 Å². The third-order valence-corrected chi connectivity index (χ3v) is 6.49. The Labute approximate surface area is 181 Å². The molecular weight excluding hydrogens is 370 g/mol. The van der Waals surface area contributed by atoms with Crippen molar-refractivity contribution in [1.82, 2.24) is 10.2 Å². The molecule has 4 heteroatoms. The Bertz CT molecular complexity index is 778. The van der Waals surface area contributed by atoms with E-state index in [4.69, 9.17) is 0 Å². The number of anilines is 1. The first kappa shape index (κ1) is 20.9. The van der Waals surface area contributed by atoms with Gasteiger partial charge in [-0.15, -0.1) is 0 Å². The van der Waals surface area contributed by atoms with E-state index in [1.54, 1.807) is 0 Å². The average molecular weight is 406 g/mol. The fourth-order valence-electron chi connectivity index (χ4n) is 4.79. The van der Waals surface area contributed by atoms with E-state index in [1.807, 2.05) is 18.2 Å². The van der Waals surface area contributed by atoms with Crippen molar-refractivity contribution in [2.75, 3.05) is 37.6 Å². The minimum atomic E-state index is -0.173. The van der Waals surface area contributed by atoms with E-state index in [9.17, 15) is 4.79 Å². The third-order valence-electron chi connectivity index (χ3n) is 6.49. The predicted molar refractivity (Wildman–Crippen MR) is 124 cm³/mol. The number of nitrogens with zero attached hydrogens (tertiary/aromatic N) is 2. The molecule has 1 N–H and O–H groups in total. The Morgan fingerprint density at radius 3 is 2.10 bits per heavy atom. The number of likely N-dealkylation sites (tertiary alicyclic amines) is 1. The first-order valence-corrected chi connectivity index (χ1v) is 11.7. The van der Waals surface area contributed by atoms with Crippen LogP contribution in [0.3, 0.4) is 0 Å². The molecule has 2 aliphatic heterocycles. The van der Waals surface area contributed by atoms with E-state index in [2.05, 4.69) is 51.5 Å². The molecule has 2 aromatic carbocycles. The van der Waals surface area contributed by atoms with Crippen molar-refractivity contribution in [1.29, 1.82) is 0 Å². The molecule has 0 aromatic heterocycles. The largest absolute Gasteiger partial charge is 0.372 e. The molecule has 2 fully saturated rings. The molecule has 4 rings (SSSR count). The van der Waals surface area contributed by atoms with E-state index >= 15 is 0 Å². The summed E-state index contributed by atoms with van der Waals surface area (Å²) in [6.07, 6.45) is 8.46. The number of piperidine rings is 2. The molecule has 2 heterocycles. The van der Waals surface area contributed by atoms with E-state index in [-0.39, 0.29) is 11.9 Å². The quantitative estimate of drug-likeness (QED) is 0.733. The lowest BCUT2D eigenvalue weighted by atomic mass is 10.0. The van der Waals surface area contributed by atoms with Gasteiger partial charge < -0.3 is 10.2 Å². The van der Waals surface area contributed by atoms with E-state index in [0.717, 1.165) is 25.1 Å². The maximum atomic E-state index is 13.1. The summed E-state index contributed by atoms with van der Waals surface area (Å²) in [5.74, 6) is 0.132. The highest BCUT2D eigenvalue weighted by Gasteiger charge is 2.28. The zero-order chi connectivity index (χ0) is 20.6. The molecule has 1 amide bonds. The zero-order valence-electron chi connectivity index (χ0n) is 18.1. The Morgan fingerprint density at radius 1 is 0.800 bits per heavy atom. The molecule has 2 aromatic rings. The number of carbonyl (C=O) groups is 1. The highest BCUT2D eigenvalue weighted by atomic mass is 16.2. The van der Waals surface area contributed by atoms with Crippen LogP contribution in [0.15, 0.2) is 54.6 Å². The maximum Gasteiger partial charge on any atom is 0.241 e. The molecule has 0 radical (unpaired) electrons. The van der Waals surface area contributed by atoms with E-state index < -0.39 is 0 Å². The second-order valence-electron chi connectivity index (χ2n) is 8.67. The van der Waals surface area contributed by atoms with Crippen LogP contribution >= 0.6 is 0 Å². The van der Waals surface area contributed by atoms with E-state index in [1.165, 1.54) is 62.9 Å². The topological polar surface area (TPSA) is 35.6 Å². The van der Waals surface area contributed by atoms with Gasteiger partial charge in [0.15, 0.2) is 0 Å². The SMILES string of the molecule is O=C(NCCc1ccc(N2CCCCC2)cc1)C(c1ccccc1)N1CCCCC1. The van der Waals surface area contributed by atoms with Crippen LogP contribution in [0, 0.1) is 0 Å². The predicted octanol–water partition coefficient (Wildman–Crippen LogP) is 4.56. The standard InChI is InChI=1S/C26H35N3O/c30-26(25(23-10-4-1-5-11-23)29-20-8-3-9-21-29)27-17-16-22-12-14-24(15-13-22)28-18-6-2-7-19-28/h1,4-5,10-15,25H,2-3,6-9,16-21H2,(H,27,30). The summed E-state index contributed by atoms with van der Waals surface area (Å²) in [6.45, 7) is 5.04. The van der Waals surface area contributed by atoms with Crippen LogP contribution in [0.5, 0.6) is 0 Å². The minimum Gasteiger partial charge on any atom is -0.372 e. The van der Waals surface area contributed by atoms with Gasteiger partial charge in [-0.2, -0.15) is 0 Å². The lowest BCUT2D eigenvalue weighted by Gasteiger charge is -2.34. The number of carbonyl (C=O) groups excluding carboxylic acids is 1.